The molecule has 0 unspecified atom stereocenters. The van der Waals surface area contributed by atoms with Gasteiger partial charge in [-0.2, -0.15) is 18.6 Å². The maximum atomic E-state index is 13.7. The van der Waals surface area contributed by atoms with Crippen LogP contribution in [0.5, 0.6) is 5.75 Å². The Hall–Kier alpha value is -4.96. The minimum Gasteiger partial charge on any atom is -0.484 e. The quantitative estimate of drug-likeness (QED) is 0.122. The average molecular weight is 745 g/mol. The highest BCUT2D eigenvalue weighted by Crippen LogP contribution is 2.39. The molecule has 16 heteroatoms. The number of aryl methyl sites for hydroxylation is 1. The van der Waals surface area contributed by atoms with E-state index in [1.54, 1.807) is 21.8 Å². The molecule has 53 heavy (non-hydrogen) atoms. The molecule has 3 atom stereocenters. The van der Waals surface area contributed by atoms with Gasteiger partial charge in [0.2, 0.25) is 5.95 Å². The lowest BCUT2D eigenvalue weighted by molar-refractivity contribution is 0.171. The van der Waals surface area contributed by atoms with Crippen LogP contribution < -0.4 is 20.3 Å². The van der Waals surface area contributed by atoms with Gasteiger partial charge in [0.05, 0.1) is 43.2 Å². The third-order valence-corrected chi connectivity index (χ3v) is 10.4. The number of nitrogens with zero attached hydrogens (tertiary/aromatic N) is 8. The molecule has 2 aliphatic rings. The molecule has 282 valence electrons. The van der Waals surface area contributed by atoms with Crippen LogP contribution >= 0.6 is 0 Å². The van der Waals surface area contributed by atoms with Gasteiger partial charge in [-0.15, -0.1) is 10.2 Å². The van der Waals surface area contributed by atoms with Gasteiger partial charge in [-0.25, -0.2) is 9.48 Å². The highest BCUT2D eigenvalue weighted by molar-refractivity contribution is 7.85. The van der Waals surface area contributed by atoms with Crippen LogP contribution in [-0.2, 0) is 26.3 Å². The zero-order valence-electron chi connectivity index (χ0n) is 30.9. The van der Waals surface area contributed by atoms with Crippen molar-refractivity contribution in [1.82, 2.24) is 39.5 Å². The topological polar surface area (TPSA) is 163 Å². The van der Waals surface area contributed by atoms with Crippen LogP contribution in [0.4, 0.5) is 16.6 Å². The number of amides is 2. The molecule has 7 rings (SSSR count). The second-order valence-electron chi connectivity index (χ2n) is 15.0. The molecule has 2 amide bonds. The number of urea groups is 1. The smallest absolute Gasteiger partial charge is 0.320 e. The third-order valence-electron chi connectivity index (χ3n) is 9.85. The number of hydrogen-bond donors (Lipinski definition) is 2. The number of hydrogen-bond acceptors (Lipinski definition) is 10. The van der Waals surface area contributed by atoms with Gasteiger partial charge in [0.25, 0.3) is 10.1 Å². The molecule has 1 aromatic carbocycles. The maximum Gasteiger partial charge on any atom is 0.320 e. The number of nitrogens with one attached hydrogen (secondary N) is 2. The molecule has 4 aromatic heterocycles. The Morgan fingerprint density at radius 3 is 2.60 bits per heavy atom. The summed E-state index contributed by atoms with van der Waals surface area (Å²) in [5, 5.41) is 24.4. The normalized spacial score (nSPS) is 19.3. The van der Waals surface area contributed by atoms with E-state index in [4.69, 9.17) is 14.0 Å². The molecule has 1 saturated heterocycles. The molecule has 0 spiro atoms. The van der Waals surface area contributed by atoms with Crippen LogP contribution in [0.2, 0.25) is 0 Å². The summed E-state index contributed by atoms with van der Waals surface area (Å²) in [5.74, 6) is 2.08. The van der Waals surface area contributed by atoms with Crippen molar-refractivity contribution >= 4 is 33.6 Å². The number of fused-ring (bicyclic) bond motifs is 2. The fourth-order valence-corrected chi connectivity index (χ4v) is 7.49. The summed E-state index contributed by atoms with van der Waals surface area (Å²) < 4.78 is 39.5. The number of pyridine rings is 1. The number of carbonyl (C=O) groups excluding carboxylic acids is 1. The van der Waals surface area contributed by atoms with Crippen molar-refractivity contribution in [2.45, 2.75) is 96.4 Å². The van der Waals surface area contributed by atoms with Crippen LogP contribution in [0.15, 0.2) is 61.1 Å². The summed E-state index contributed by atoms with van der Waals surface area (Å²) in [6.45, 7) is 9.89. The first kappa shape index (κ1) is 36.4. The number of rotatable bonds is 11. The second kappa shape index (κ2) is 14.8. The van der Waals surface area contributed by atoms with Gasteiger partial charge in [0.1, 0.15) is 23.4 Å². The van der Waals surface area contributed by atoms with E-state index in [0.717, 1.165) is 59.8 Å². The molecular weight excluding hydrogens is 697 g/mol. The molecule has 15 nitrogen and oxygen atoms in total. The van der Waals surface area contributed by atoms with Gasteiger partial charge in [0, 0.05) is 30.6 Å². The summed E-state index contributed by atoms with van der Waals surface area (Å²) >= 11 is 0. The summed E-state index contributed by atoms with van der Waals surface area (Å²) in [6, 6.07) is 13.7. The first-order valence-corrected chi connectivity index (χ1v) is 20.1. The lowest BCUT2D eigenvalue weighted by atomic mass is 9.85. The zero-order chi connectivity index (χ0) is 37.3. The van der Waals surface area contributed by atoms with Crippen LogP contribution in [0.3, 0.4) is 0 Å². The molecule has 2 N–H and O–H groups in total. The Balaban J connectivity index is 1.05. The Labute approximate surface area is 309 Å². The van der Waals surface area contributed by atoms with Crippen LogP contribution in [0.1, 0.15) is 95.2 Å². The Morgan fingerprint density at radius 1 is 1.02 bits per heavy atom. The van der Waals surface area contributed by atoms with Crippen LogP contribution in [-0.4, -0.2) is 74.1 Å². The monoisotopic (exact) mass is 744 g/mol. The Kier molecular flexibility index (Phi) is 10.2. The predicted molar refractivity (Wildman–Crippen MR) is 201 cm³/mol. The molecule has 1 fully saturated rings. The van der Waals surface area contributed by atoms with Gasteiger partial charge in [-0.1, -0.05) is 45.0 Å². The number of carbonyl (C=O) groups is 1. The van der Waals surface area contributed by atoms with Crippen molar-refractivity contribution in [3.05, 3.63) is 77.9 Å². The highest BCUT2D eigenvalue weighted by atomic mass is 32.2. The van der Waals surface area contributed by atoms with E-state index in [-0.39, 0.29) is 30.2 Å². The molecule has 0 radical (unpaired) electrons. The SMILES string of the molecule is C[C@H]1CCCCN1c1nnc2ccc(O[C@@H]3CC[C@H](NC(=O)Nc4cc(C(C)(C)C)nn4-c4cnn(CCCOS(C)(=O)=O)c4)c4ccccc43)cn12. The standard InChI is InChI=1S/C37H48N10O5S/c1-25-11-8-9-19-45(25)36-42-41-33-17-14-27(24-46(33)36)52-31-16-15-30(28-12-6-7-13-29(28)31)39-35(48)40-34-21-32(37(2,3)4)43-47(34)26-22-38-44(23-26)18-10-20-51-53(5,49)50/h6-7,12-14,17,21-25,30-31H,8-11,15-16,18-20H2,1-5H3,(H2,39,40,48)/t25-,30-,31+/m0/s1. The summed E-state index contributed by atoms with van der Waals surface area (Å²) in [6.07, 6.45) is 11.6. The molecule has 5 heterocycles. The number of ether oxygens (including phenoxy) is 1. The van der Waals surface area contributed by atoms with Gasteiger partial charge >= 0.3 is 6.03 Å². The molecule has 0 saturated carbocycles. The number of benzene rings is 1. The fourth-order valence-electron chi connectivity index (χ4n) is 7.07. The number of piperidine rings is 1. The van der Waals surface area contributed by atoms with Crippen molar-refractivity contribution in [2.24, 2.45) is 0 Å². The van der Waals surface area contributed by atoms with Crippen LogP contribution in [0.25, 0.3) is 11.3 Å². The van der Waals surface area contributed by atoms with Gasteiger partial charge in [-0.3, -0.25) is 18.6 Å². The number of aromatic nitrogens is 7. The van der Waals surface area contributed by atoms with E-state index in [9.17, 15) is 13.2 Å². The summed E-state index contributed by atoms with van der Waals surface area (Å²) in [4.78, 5) is 16.0. The molecule has 1 aliphatic carbocycles. The van der Waals surface area contributed by atoms with E-state index in [1.807, 2.05) is 47.0 Å². The molecule has 1 aliphatic heterocycles. The lowest BCUT2D eigenvalue weighted by Crippen LogP contribution is -2.38. The van der Waals surface area contributed by atoms with Gasteiger partial charge in [-0.05, 0) is 68.7 Å². The minimum atomic E-state index is -3.50. The fraction of sp³-hybridized carbons (Fsp3) is 0.486. The van der Waals surface area contributed by atoms with Crippen molar-refractivity contribution in [2.75, 3.05) is 29.6 Å². The lowest BCUT2D eigenvalue weighted by Gasteiger charge is -2.33. The Bertz CT molecular complexity index is 2190. The van der Waals surface area contributed by atoms with E-state index < -0.39 is 10.1 Å². The third kappa shape index (κ3) is 8.33. The molecular formula is C37H48N10O5S. The number of anilines is 2. The largest absolute Gasteiger partial charge is 0.484 e. The average Bonchev–Trinajstić information content (AvgIpc) is 3.86. The first-order chi connectivity index (χ1) is 25.3. The minimum absolute atomic E-state index is 0.0617. The highest BCUT2D eigenvalue weighted by Gasteiger charge is 2.31. The maximum absolute atomic E-state index is 13.7. The zero-order valence-corrected chi connectivity index (χ0v) is 31.7. The van der Waals surface area contributed by atoms with Gasteiger partial charge in [0.15, 0.2) is 5.65 Å². The van der Waals surface area contributed by atoms with E-state index >= 15 is 0 Å². The van der Waals surface area contributed by atoms with Crippen molar-refractivity contribution < 1.29 is 22.1 Å². The van der Waals surface area contributed by atoms with E-state index in [2.05, 4.69) is 64.6 Å². The van der Waals surface area contributed by atoms with E-state index in [0.29, 0.717) is 43.4 Å². The summed E-state index contributed by atoms with van der Waals surface area (Å²) in [5.41, 5.74) is 4.01. The molecule has 5 aromatic rings. The predicted octanol–water partition coefficient (Wildman–Crippen LogP) is 5.93. The van der Waals surface area contributed by atoms with Crippen molar-refractivity contribution in [1.29, 1.82) is 0 Å². The Morgan fingerprint density at radius 2 is 1.83 bits per heavy atom. The molecule has 0 bridgehead atoms. The van der Waals surface area contributed by atoms with Gasteiger partial charge < -0.3 is 15.0 Å². The second-order valence-corrected chi connectivity index (χ2v) is 16.7. The first-order valence-electron chi connectivity index (χ1n) is 18.2. The van der Waals surface area contributed by atoms with Crippen molar-refractivity contribution in [3.63, 3.8) is 0 Å². The summed E-state index contributed by atoms with van der Waals surface area (Å²) in [7, 11) is -3.50. The van der Waals surface area contributed by atoms with E-state index in [1.165, 1.54) is 6.42 Å². The van der Waals surface area contributed by atoms with Crippen molar-refractivity contribution in [3.8, 4) is 11.4 Å². The van der Waals surface area contributed by atoms with Crippen LogP contribution in [0, 0.1) is 0 Å².